The van der Waals surface area contributed by atoms with Crippen molar-refractivity contribution in [1.29, 1.82) is 0 Å². The van der Waals surface area contributed by atoms with Crippen molar-refractivity contribution in [3.8, 4) is 0 Å². The number of thiazole rings is 1. The van der Waals surface area contributed by atoms with Crippen LogP contribution in [0.2, 0.25) is 0 Å². The lowest BCUT2D eigenvalue weighted by atomic mass is 9.85. The monoisotopic (exact) mass is 391 g/mol. The minimum atomic E-state index is -0.205. The number of rotatable bonds is 6. The molecule has 27 heavy (non-hydrogen) atoms. The molecule has 3 aliphatic rings. The summed E-state index contributed by atoms with van der Waals surface area (Å²) in [7, 11) is 0. The molecule has 7 heteroatoms. The van der Waals surface area contributed by atoms with Crippen LogP contribution < -0.4 is 5.32 Å². The van der Waals surface area contributed by atoms with Crippen LogP contribution in [0.25, 0.3) is 0 Å². The molecule has 1 aromatic heterocycles. The van der Waals surface area contributed by atoms with Crippen molar-refractivity contribution < 1.29 is 14.3 Å². The Hall–Kier alpha value is -1.47. The first-order chi connectivity index (χ1) is 13.2. The summed E-state index contributed by atoms with van der Waals surface area (Å²) in [6.07, 6.45) is 7.68. The fourth-order valence-corrected chi connectivity index (χ4v) is 5.10. The molecule has 1 aromatic rings. The van der Waals surface area contributed by atoms with E-state index in [9.17, 15) is 9.59 Å². The highest BCUT2D eigenvalue weighted by Gasteiger charge is 2.32. The molecule has 0 spiro atoms. The molecule has 6 nitrogen and oxygen atoms in total. The van der Waals surface area contributed by atoms with Gasteiger partial charge in [0.1, 0.15) is 6.10 Å². The number of carbonyl (C=O) groups excluding carboxylic acids is 2. The summed E-state index contributed by atoms with van der Waals surface area (Å²) in [5.74, 6) is 1.08. The molecule has 1 aliphatic carbocycles. The van der Waals surface area contributed by atoms with Gasteiger partial charge in [-0.25, -0.2) is 4.98 Å². The molecule has 0 aromatic carbocycles. The number of amides is 2. The van der Waals surface area contributed by atoms with Gasteiger partial charge in [0.15, 0.2) is 0 Å². The smallest absolute Gasteiger partial charge is 0.251 e. The fourth-order valence-electron chi connectivity index (χ4n) is 4.08. The lowest BCUT2D eigenvalue weighted by Gasteiger charge is -2.32. The third-order valence-electron chi connectivity index (χ3n) is 6.09. The number of likely N-dealkylation sites (tertiary alicyclic amines) is 1. The maximum atomic E-state index is 12.4. The van der Waals surface area contributed by atoms with Gasteiger partial charge in [-0.05, 0) is 38.5 Å². The summed E-state index contributed by atoms with van der Waals surface area (Å²) in [4.78, 5) is 31.1. The van der Waals surface area contributed by atoms with E-state index < -0.39 is 0 Å². The Morgan fingerprint density at radius 2 is 2.00 bits per heavy atom. The minimum absolute atomic E-state index is 0.174. The Labute approximate surface area is 164 Å². The largest absolute Gasteiger partial charge is 0.368 e. The zero-order chi connectivity index (χ0) is 18.6. The zero-order valence-corrected chi connectivity index (χ0v) is 16.6. The zero-order valence-electron chi connectivity index (χ0n) is 15.8. The number of nitrogens with zero attached hydrogens (tertiary/aromatic N) is 2. The van der Waals surface area contributed by atoms with Crippen molar-refractivity contribution in [2.45, 2.75) is 63.4 Å². The highest BCUT2D eigenvalue weighted by Crippen LogP contribution is 2.31. The average molecular weight is 392 g/mol. The summed E-state index contributed by atoms with van der Waals surface area (Å²) in [6, 6.07) is 0. The number of hydrogen-bond acceptors (Lipinski definition) is 5. The predicted octanol–water partition coefficient (Wildman–Crippen LogP) is 2.49. The molecule has 148 valence electrons. The van der Waals surface area contributed by atoms with Crippen LogP contribution in [0.3, 0.4) is 0 Å². The number of ether oxygens (including phenoxy) is 1. The van der Waals surface area contributed by atoms with Gasteiger partial charge in [0, 0.05) is 49.9 Å². The van der Waals surface area contributed by atoms with E-state index in [-0.39, 0.29) is 23.8 Å². The number of piperidine rings is 1. The lowest BCUT2D eigenvalue weighted by molar-refractivity contribution is -0.142. The van der Waals surface area contributed by atoms with Crippen LogP contribution in [-0.4, -0.2) is 54.0 Å². The normalized spacial score (nSPS) is 24.0. The molecular weight excluding hydrogens is 362 g/mol. The van der Waals surface area contributed by atoms with Crippen LogP contribution in [0.4, 0.5) is 0 Å². The Morgan fingerprint density at radius 3 is 2.67 bits per heavy atom. The third kappa shape index (κ3) is 4.51. The van der Waals surface area contributed by atoms with Crippen molar-refractivity contribution in [2.24, 2.45) is 5.92 Å². The Morgan fingerprint density at radius 1 is 1.19 bits per heavy atom. The quantitative estimate of drug-likeness (QED) is 0.809. The van der Waals surface area contributed by atoms with Gasteiger partial charge in [-0.1, -0.05) is 6.42 Å². The second-order valence-electron chi connectivity index (χ2n) is 7.95. The predicted molar refractivity (Wildman–Crippen MR) is 104 cm³/mol. The number of carbonyl (C=O) groups is 2. The van der Waals surface area contributed by atoms with E-state index in [4.69, 9.17) is 9.72 Å². The highest BCUT2D eigenvalue weighted by molar-refractivity contribution is 7.09. The maximum Gasteiger partial charge on any atom is 0.251 e. The van der Waals surface area contributed by atoms with Crippen LogP contribution >= 0.6 is 11.3 Å². The van der Waals surface area contributed by atoms with E-state index in [2.05, 4.69) is 10.7 Å². The van der Waals surface area contributed by atoms with E-state index >= 15 is 0 Å². The van der Waals surface area contributed by atoms with Gasteiger partial charge in [0.05, 0.1) is 10.7 Å². The molecular formula is C20H29N3O3S. The molecule has 1 atom stereocenters. The first kappa shape index (κ1) is 18.9. The first-order valence-electron chi connectivity index (χ1n) is 10.3. The third-order valence-corrected chi connectivity index (χ3v) is 7.14. The Bertz CT molecular complexity index is 659. The molecule has 2 amide bonds. The average Bonchev–Trinajstić information content (AvgIpc) is 3.32. The van der Waals surface area contributed by atoms with E-state index in [0.717, 1.165) is 70.3 Å². The summed E-state index contributed by atoms with van der Waals surface area (Å²) >= 11 is 1.72. The standard InChI is InChI=1S/C20H29N3O3S/c24-18(14-3-1-4-14)21-9-6-16-13-27-19(22-16)15-7-10-23(11-8-15)20(25)17-5-2-12-26-17/h13-15,17H,1-12H2,(H,21,24). The first-order valence-corrected chi connectivity index (χ1v) is 11.2. The molecule has 1 unspecified atom stereocenters. The topological polar surface area (TPSA) is 71.5 Å². The van der Waals surface area contributed by atoms with Crippen LogP contribution in [0.1, 0.15) is 61.6 Å². The molecule has 2 aliphatic heterocycles. The van der Waals surface area contributed by atoms with Gasteiger partial charge < -0.3 is 15.0 Å². The van der Waals surface area contributed by atoms with Gasteiger partial charge in [-0.2, -0.15) is 0 Å². The number of aromatic nitrogens is 1. The van der Waals surface area contributed by atoms with Crippen molar-refractivity contribution in [3.05, 3.63) is 16.1 Å². The molecule has 1 N–H and O–H groups in total. The molecule has 0 radical (unpaired) electrons. The number of hydrogen-bond donors (Lipinski definition) is 1. The van der Waals surface area contributed by atoms with Crippen LogP contribution in [-0.2, 0) is 20.7 Å². The van der Waals surface area contributed by atoms with Crippen LogP contribution in [0, 0.1) is 5.92 Å². The van der Waals surface area contributed by atoms with Crippen molar-refractivity contribution in [2.75, 3.05) is 26.2 Å². The molecule has 4 rings (SSSR count). The summed E-state index contributed by atoms with van der Waals surface area (Å²) < 4.78 is 5.53. The second kappa shape index (κ2) is 8.69. The molecule has 0 bridgehead atoms. The molecule has 1 saturated carbocycles. The molecule has 3 heterocycles. The van der Waals surface area contributed by atoms with E-state index in [1.807, 2.05) is 4.90 Å². The highest BCUT2D eigenvalue weighted by atomic mass is 32.1. The van der Waals surface area contributed by atoms with E-state index in [0.29, 0.717) is 12.5 Å². The van der Waals surface area contributed by atoms with Gasteiger partial charge in [0.2, 0.25) is 5.91 Å². The van der Waals surface area contributed by atoms with E-state index in [1.54, 1.807) is 11.3 Å². The SMILES string of the molecule is O=C(NCCc1csc(C2CCN(C(=O)C3CCCO3)CC2)n1)C1CCC1. The minimum Gasteiger partial charge on any atom is -0.368 e. The van der Waals surface area contributed by atoms with Crippen molar-refractivity contribution in [1.82, 2.24) is 15.2 Å². The lowest BCUT2D eigenvalue weighted by Crippen LogP contribution is -2.43. The van der Waals surface area contributed by atoms with Crippen molar-refractivity contribution in [3.63, 3.8) is 0 Å². The van der Waals surface area contributed by atoms with E-state index in [1.165, 1.54) is 11.4 Å². The van der Waals surface area contributed by atoms with Crippen molar-refractivity contribution >= 4 is 23.2 Å². The maximum absolute atomic E-state index is 12.4. The summed E-state index contributed by atoms with van der Waals surface area (Å²) in [5.41, 5.74) is 1.07. The Balaban J connectivity index is 1.21. The van der Waals surface area contributed by atoms with Gasteiger partial charge in [0.25, 0.3) is 5.91 Å². The summed E-state index contributed by atoms with van der Waals surface area (Å²) in [5, 5.41) is 6.34. The number of nitrogens with one attached hydrogen (secondary N) is 1. The van der Waals surface area contributed by atoms with Gasteiger partial charge >= 0.3 is 0 Å². The fraction of sp³-hybridized carbons (Fsp3) is 0.750. The second-order valence-corrected chi connectivity index (χ2v) is 8.84. The van der Waals surface area contributed by atoms with Gasteiger partial charge in [-0.15, -0.1) is 11.3 Å². The van der Waals surface area contributed by atoms with Crippen LogP contribution in [0.5, 0.6) is 0 Å². The van der Waals surface area contributed by atoms with Gasteiger partial charge in [-0.3, -0.25) is 9.59 Å². The molecule has 2 saturated heterocycles. The van der Waals surface area contributed by atoms with Crippen LogP contribution in [0.15, 0.2) is 5.38 Å². The summed E-state index contributed by atoms with van der Waals surface area (Å²) in [6.45, 7) is 2.99. The molecule has 3 fully saturated rings. The Kier molecular flexibility index (Phi) is 6.08.